The third-order valence-corrected chi connectivity index (χ3v) is 1.78. The molecule has 0 bridgehead atoms. The van der Waals surface area contributed by atoms with Gasteiger partial charge in [-0.05, 0) is 13.0 Å². The molecule has 0 fully saturated rings. The maximum absolute atomic E-state index is 10.4. The number of rotatable bonds is 2. The number of nitrogens with zero attached hydrogens (tertiary/aromatic N) is 5. The molecule has 7 heteroatoms. The van der Waals surface area contributed by atoms with E-state index in [1.807, 2.05) is 0 Å². The van der Waals surface area contributed by atoms with Crippen LogP contribution >= 0.6 is 0 Å². The van der Waals surface area contributed by atoms with Gasteiger partial charge in [0.2, 0.25) is 0 Å². The second-order valence-corrected chi connectivity index (χ2v) is 2.87. The van der Waals surface area contributed by atoms with Crippen molar-refractivity contribution in [3.63, 3.8) is 0 Å². The van der Waals surface area contributed by atoms with Crippen molar-refractivity contribution in [2.45, 2.75) is 6.92 Å². The molecule has 0 aromatic carbocycles. The number of hydrogen-bond donors (Lipinski definition) is 0. The first-order valence-electron chi connectivity index (χ1n) is 4.16. The first-order valence-corrected chi connectivity index (χ1v) is 4.16. The van der Waals surface area contributed by atoms with Gasteiger partial charge in [0.05, 0.1) is 4.92 Å². The van der Waals surface area contributed by atoms with Crippen molar-refractivity contribution in [2.75, 3.05) is 0 Å². The van der Waals surface area contributed by atoms with Crippen LogP contribution in [0.1, 0.15) is 5.82 Å². The summed E-state index contributed by atoms with van der Waals surface area (Å²) < 4.78 is 1.46. The van der Waals surface area contributed by atoms with E-state index in [9.17, 15) is 10.1 Å². The largest absolute Gasteiger partial charge is 0.287 e. The molecular weight excluding hydrogens is 198 g/mol. The predicted octanol–water partition coefficient (Wildman–Crippen LogP) is 0.879. The highest BCUT2D eigenvalue weighted by atomic mass is 16.6. The fraction of sp³-hybridized carbons (Fsp3) is 0.125. The van der Waals surface area contributed by atoms with Gasteiger partial charge in [0.25, 0.3) is 5.69 Å². The van der Waals surface area contributed by atoms with Gasteiger partial charge in [0.1, 0.15) is 18.3 Å². The van der Waals surface area contributed by atoms with Crippen molar-refractivity contribution in [1.29, 1.82) is 0 Å². The molecule has 7 nitrogen and oxygen atoms in total. The third-order valence-electron chi connectivity index (χ3n) is 1.78. The lowest BCUT2D eigenvalue weighted by Gasteiger charge is -1.97. The van der Waals surface area contributed by atoms with Crippen molar-refractivity contribution >= 4 is 5.69 Å². The molecule has 76 valence electrons. The van der Waals surface area contributed by atoms with E-state index in [0.29, 0.717) is 11.6 Å². The molecule has 0 saturated carbocycles. The molecule has 2 aromatic rings. The molecule has 0 amide bonds. The minimum Gasteiger partial charge on any atom is -0.258 e. The number of hydrogen-bond acceptors (Lipinski definition) is 5. The average molecular weight is 205 g/mol. The van der Waals surface area contributed by atoms with E-state index >= 15 is 0 Å². The second-order valence-electron chi connectivity index (χ2n) is 2.87. The Morgan fingerprint density at radius 2 is 2.20 bits per heavy atom. The van der Waals surface area contributed by atoms with Crippen LogP contribution in [-0.2, 0) is 0 Å². The number of aryl methyl sites for hydroxylation is 1. The van der Waals surface area contributed by atoms with E-state index in [0.717, 1.165) is 0 Å². The number of pyridine rings is 1. The summed E-state index contributed by atoms with van der Waals surface area (Å²) in [6.07, 6.45) is 2.69. The summed E-state index contributed by atoms with van der Waals surface area (Å²) in [5, 5.41) is 14.4. The van der Waals surface area contributed by atoms with Gasteiger partial charge in [-0.2, -0.15) is 5.10 Å². The first-order chi connectivity index (χ1) is 7.16. The lowest BCUT2D eigenvalue weighted by molar-refractivity contribution is -0.385. The molecule has 0 radical (unpaired) electrons. The summed E-state index contributed by atoms with van der Waals surface area (Å²) in [4.78, 5) is 17.7. The summed E-state index contributed by atoms with van der Waals surface area (Å²) in [5.74, 6) is 1.12. The molecule has 2 heterocycles. The summed E-state index contributed by atoms with van der Waals surface area (Å²) >= 11 is 0. The summed E-state index contributed by atoms with van der Waals surface area (Å²) in [6.45, 7) is 1.75. The van der Waals surface area contributed by atoms with Crippen molar-refractivity contribution in [3.05, 3.63) is 40.6 Å². The summed E-state index contributed by atoms with van der Waals surface area (Å²) in [6, 6.07) is 2.89. The molecule has 15 heavy (non-hydrogen) atoms. The molecule has 0 unspecified atom stereocenters. The van der Waals surface area contributed by atoms with Gasteiger partial charge in [-0.15, -0.1) is 0 Å². The molecule has 0 spiro atoms. The van der Waals surface area contributed by atoms with Crippen LogP contribution in [0.25, 0.3) is 5.82 Å². The third kappa shape index (κ3) is 1.80. The van der Waals surface area contributed by atoms with Crippen LogP contribution in [-0.4, -0.2) is 24.7 Å². The monoisotopic (exact) mass is 205 g/mol. The van der Waals surface area contributed by atoms with Crippen molar-refractivity contribution in [1.82, 2.24) is 19.7 Å². The Labute approximate surface area is 84.6 Å². The van der Waals surface area contributed by atoms with Crippen LogP contribution in [0.3, 0.4) is 0 Å². The summed E-state index contributed by atoms with van der Waals surface area (Å²) in [7, 11) is 0. The van der Waals surface area contributed by atoms with Gasteiger partial charge in [0, 0.05) is 6.07 Å². The zero-order chi connectivity index (χ0) is 10.8. The molecule has 0 aliphatic rings. The van der Waals surface area contributed by atoms with Crippen molar-refractivity contribution in [3.8, 4) is 5.82 Å². The van der Waals surface area contributed by atoms with E-state index in [-0.39, 0.29) is 5.69 Å². The van der Waals surface area contributed by atoms with Crippen molar-refractivity contribution < 1.29 is 4.92 Å². The number of aromatic nitrogens is 4. The Bertz CT molecular complexity index is 490. The molecule has 0 aliphatic carbocycles. The highest BCUT2D eigenvalue weighted by Gasteiger charge is 2.06. The fourth-order valence-electron chi connectivity index (χ4n) is 1.08. The molecule has 0 N–H and O–H groups in total. The Kier molecular flexibility index (Phi) is 2.13. The smallest absolute Gasteiger partial charge is 0.258 e. The van der Waals surface area contributed by atoms with Crippen LogP contribution < -0.4 is 0 Å². The van der Waals surface area contributed by atoms with Gasteiger partial charge in [-0.25, -0.2) is 14.6 Å². The van der Waals surface area contributed by atoms with E-state index in [1.54, 1.807) is 6.92 Å². The van der Waals surface area contributed by atoms with Gasteiger partial charge >= 0.3 is 0 Å². The Hall–Kier alpha value is -2.31. The quantitative estimate of drug-likeness (QED) is 0.536. The normalized spacial score (nSPS) is 10.2. The highest BCUT2D eigenvalue weighted by molar-refractivity contribution is 5.32. The lowest BCUT2D eigenvalue weighted by atomic mass is 10.4. The Morgan fingerprint density at radius 3 is 2.67 bits per heavy atom. The zero-order valence-electron chi connectivity index (χ0n) is 7.86. The fourth-order valence-corrected chi connectivity index (χ4v) is 1.08. The second kappa shape index (κ2) is 3.45. The molecular formula is C8H7N5O2. The van der Waals surface area contributed by atoms with Crippen LogP contribution in [0.15, 0.2) is 24.7 Å². The maximum Gasteiger partial charge on any atom is 0.287 e. The van der Waals surface area contributed by atoms with Crippen LogP contribution in [0.5, 0.6) is 0 Å². The minimum atomic E-state index is -0.497. The number of nitro groups is 1. The molecule has 2 rings (SSSR count). The van der Waals surface area contributed by atoms with Gasteiger partial charge in [-0.1, -0.05) is 0 Å². The van der Waals surface area contributed by atoms with Crippen LogP contribution in [0.2, 0.25) is 0 Å². The predicted molar refractivity (Wildman–Crippen MR) is 50.5 cm³/mol. The lowest BCUT2D eigenvalue weighted by Crippen LogP contribution is -1.99. The summed E-state index contributed by atoms with van der Waals surface area (Å²) in [5.41, 5.74) is -0.0458. The van der Waals surface area contributed by atoms with Crippen molar-refractivity contribution in [2.24, 2.45) is 0 Å². The van der Waals surface area contributed by atoms with Gasteiger partial charge in [0.15, 0.2) is 5.82 Å². The van der Waals surface area contributed by atoms with E-state index in [1.165, 1.54) is 29.3 Å². The SMILES string of the molecule is Cc1ncn(-c2ccc([N+](=O)[O-])cn2)n1. The first kappa shape index (κ1) is 9.25. The highest BCUT2D eigenvalue weighted by Crippen LogP contribution is 2.10. The standard InChI is InChI=1S/C8H7N5O2/c1-6-10-5-12(11-6)8-3-2-7(4-9-8)13(14)15/h2-5H,1H3. The maximum atomic E-state index is 10.4. The zero-order valence-corrected chi connectivity index (χ0v) is 7.86. The molecule has 0 saturated heterocycles. The topological polar surface area (TPSA) is 86.7 Å². The van der Waals surface area contributed by atoms with Crippen LogP contribution in [0.4, 0.5) is 5.69 Å². The Balaban J connectivity index is 2.35. The van der Waals surface area contributed by atoms with Gasteiger partial charge in [-0.3, -0.25) is 10.1 Å². The van der Waals surface area contributed by atoms with E-state index in [2.05, 4.69) is 15.1 Å². The van der Waals surface area contributed by atoms with E-state index in [4.69, 9.17) is 0 Å². The van der Waals surface area contributed by atoms with E-state index < -0.39 is 4.92 Å². The molecule has 0 atom stereocenters. The molecule has 2 aromatic heterocycles. The van der Waals surface area contributed by atoms with Crippen LogP contribution in [0, 0.1) is 17.0 Å². The minimum absolute atomic E-state index is 0.0458. The Morgan fingerprint density at radius 1 is 1.40 bits per heavy atom. The average Bonchev–Trinajstić information content (AvgIpc) is 2.65. The molecule has 0 aliphatic heterocycles. The van der Waals surface area contributed by atoms with Gasteiger partial charge < -0.3 is 0 Å².